The van der Waals surface area contributed by atoms with Crippen LogP contribution in [0.5, 0.6) is 0 Å². The zero-order valence-electron chi connectivity index (χ0n) is 21.9. The van der Waals surface area contributed by atoms with Crippen LogP contribution in [0.4, 0.5) is 5.69 Å². The first-order valence-corrected chi connectivity index (χ1v) is 14.0. The van der Waals surface area contributed by atoms with Crippen LogP contribution >= 0.6 is 11.8 Å². The van der Waals surface area contributed by atoms with Crippen LogP contribution in [0, 0.1) is 0 Å². The van der Waals surface area contributed by atoms with Crippen molar-refractivity contribution in [1.29, 1.82) is 0 Å². The van der Waals surface area contributed by atoms with E-state index >= 15 is 0 Å². The van der Waals surface area contributed by atoms with Gasteiger partial charge in [0.25, 0.3) is 0 Å². The van der Waals surface area contributed by atoms with E-state index in [2.05, 4.69) is 15.3 Å². The molecule has 1 aromatic carbocycles. The van der Waals surface area contributed by atoms with Crippen molar-refractivity contribution in [2.45, 2.75) is 30.2 Å². The minimum atomic E-state index is -1.29. The SMILES string of the molecule is CN(C(=O)CC(C(=C1CCNC1=O)C1=C(C(=O)O)N2C(=O)[C@@H](N)[C@H]2SC1)c1ccncc1)c1ccc2ocnc2c1. The highest BCUT2D eigenvalue weighted by Crippen LogP contribution is 2.46. The maximum absolute atomic E-state index is 13.8. The monoisotopic (exact) mass is 574 g/mol. The maximum atomic E-state index is 13.8. The number of hydrogen-bond acceptors (Lipinski definition) is 9. The number of carbonyl (C=O) groups excluding carboxylic acids is 3. The van der Waals surface area contributed by atoms with Crippen molar-refractivity contribution >= 4 is 52.2 Å². The molecule has 13 heteroatoms. The number of aromatic nitrogens is 2. The molecule has 2 saturated heterocycles. The van der Waals surface area contributed by atoms with Gasteiger partial charge in [0.15, 0.2) is 12.0 Å². The van der Waals surface area contributed by atoms with E-state index in [0.717, 1.165) is 0 Å². The zero-order valence-corrected chi connectivity index (χ0v) is 22.8. The number of aliphatic carboxylic acids is 1. The van der Waals surface area contributed by atoms with Gasteiger partial charge in [-0.2, -0.15) is 0 Å². The molecule has 2 fully saturated rings. The molecule has 6 rings (SSSR count). The number of carboxylic acid groups (broad SMARTS) is 1. The molecule has 1 unspecified atom stereocenters. The molecule has 2 aromatic heterocycles. The van der Waals surface area contributed by atoms with E-state index in [1.807, 2.05) is 0 Å². The lowest BCUT2D eigenvalue weighted by Gasteiger charge is -2.48. The summed E-state index contributed by atoms with van der Waals surface area (Å²) < 4.78 is 5.31. The van der Waals surface area contributed by atoms with E-state index in [4.69, 9.17) is 10.2 Å². The molecule has 12 nitrogen and oxygen atoms in total. The number of rotatable bonds is 7. The van der Waals surface area contributed by atoms with Crippen LogP contribution in [0.1, 0.15) is 24.3 Å². The van der Waals surface area contributed by atoms with Gasteiger partial charge in [-0.25, -0.2) is 9.78 Å². The summed E-state index contributed by atoms with van der Waals surface area (Å²) in [5.41, 5.74) is 9.42. The first-order valence-electron chi connectivity index (χ1n) is 12.9. The number of oxazole rings is 1. The predicted octanol–water partition coefficient (Wildman–Crippen LogP) is 1.76. The highest BCUT2D eigenvalue weighted by molar-refractivity contribution is 8.00. The summed E-state index contributed by atoms with van der Waals surface area (Å²) in [7, 11) is 1.64. The molecule has 0 saturated carbocycles. The van der Waals surface area contributed by atoms with E-state index in [1.54, 1.807) is 49.8 Å². The van der Waals surface area contributed by atoms with Gasteiger partial charge in [-0.1, -0.05) is 0 Å². The number of pyridine rings is 1. The predicted molar refractivity (Wildman–Crippen MR) is 149 cm³/mol. The Kier molecular flexibility index (Phi) is 6.83. The molecular weight excluding hydrogens is 548 g/mol. The summed E-state index contributed by atoms with van der Waals surface area (Å²) in [4.78, 5) is 63.3. The molecule has 41 heavy (non-hydrogen) atoms. The number of carbonyl (C=O) groups is 4. The highest BCUT2D eigenvalue weighted by Gasteiger charge is 2.53. The third-order valence-electron chi connectivity index (χ3n) is 7.71. The van der Waals surface area contributed by atoms with Gasteiger partial charge in [0.1, 0.15) is 22.6 Å². The first kappa shape index (κ1) is 26.7. The molecule has 3 amide bonds. The van der Waals surface area contributed by atoms with E-state index in [-0.39, 0.29) is 29.7 Å². The number of hydrogen-bond donors (Lipinski definition) is 3. The lowest BCUT2D eigenvalue weighted by Crippen LogP contribution is -2.68. The Bertz CT molecular complexity index is 1650. The van der Waals surface area contributed by atoms with Crippen LogP contribution in [0.2, 0.25) is 0 Å². The number of anilines is 1. The van der Waals surface area contributed by atoms with Crippen molar-refractivity contribution in [2.24, 2.45) is 5.73 Å². The van der Waals surface area contributed by atoms with E-state index in [0.29, 0.717) is 52.0 Å². The number of benzene rings is 1. The largest absolute Gasteiger partial charge is 0.477 e. The number of carboxylic acids is 1. The third-order valence-corrected chi connectivity index (χ3v) is 9.01. The van der Waals surface area contributed by atoms with Gasteiger partial charge >= 0.3 is 5.97 Å². The van der Waals surface area contributed by atoms with Gasteiger partial charge in [-0.15, -0.1) is 11.8 Å². The molecule has 3 atom stereocenters. The van der Waals surface area contributed by atoms with Crippen molar-refractivity contribution in [3.63, 3.8) is 0 Å². The molecule has 4 N–H and O–H groups in total. The van der Waals surface area contributed by atoms with Crippen LogP contribution < -0.4 is 16.0 Å². The van der Waals surface area contributed by atoms with Gasteiger partial charge in [-0.3, -0.25) is 24.3 Å². The van der Waals surface area contributed by atoms with Crippen LogP contribution in [0.3, 0.4) is 0 Å². The van der Waals surface area contributed by atoms with Crippen LogP contribution in [-0.4, -0.2) is 74.4 Å². The molecule has 3 aliphatic heterocycles. The topological polar surface area (TPSA) is 172 Å². The summed E-state index contributed by atoms with van der Waals surface area (Å²) in [5.74, 6) is -2.87. The number of nitrogens with two attached hydrogens (primary N) is 1. The second-order valence-corrected chi connectivity index (χ2v) is 11.1. The summed E-state index contributed by atoms with van der Waals surface area (Å²) in [6.45, 7) is 0.380. The molecular formula is C28H26N6O6S. The third kappa shape index (κ3) is 4.56. The molecule has 0 bridgehead atoms. The molecule has 3 aliphatic rings. The summed E-state index contributed by atoms with van der Waals surface area (Å²) in [6.07, 6.45) is 4.77. The lowest BCUT2D eigenvalue weighted by atomic mass is 9.80. The van der Waals surface area contributed by atoms with Gasteiger partial charge in [-0.05, 0) is 53.5 Å². The molecule has 0 radical (unpaired) electrons. The Balaban J connectivity index is 1.47. The van der Waals surface area contributed by atoms with Gasteiger partial charge < -0.3 is 25.5 Å². The average Bonchev–Trinajstić information content (AvgIpc) is 3.64. The molecule has 5 heterocycles. The van der Waals surface area contributed by atoms with E-state index < -0.39 is 29.2 Å². The minimum Gasteiger partial charge on any atom is -0.477 e. The van der Waals surface area contributed by atoms with Crippen LogP contribution in [-0.2, 0) is 19.2 Å². The molecule has 0 spiro atoms. The summed E-state index contributed by atoms with van der Waals surface area (Å²) in [6, 6.07) is 7.92. The minimum absolute atomic E-state index is 0.0819. The summed E-state index contributed by atoms with van der Waals surface area (Å²) in [5, 5.41) is 12.6. The highest BCUT2D eigenvalue weighted by atomic mass is 32.2. The van der Waals surface area contributed by atoms with Crippen molar-refractivity contribution in [3.05, 3.63) is 77.1 Å². The quantitative estimate of drug-likeness (QED) is 0.279. The summed E-state index contributed by atoms with van der Waals surface area (Å²) >= 11 is 1.35. The smallest absolute Gasteiger partial charge is 0.352 e. The fourth-order valence-corrected chi connectivity index (χ4v) is 6.91. The van der Waals surface area contributed by atoms with E-state index in [9.17, 15) is 24.3 Å². The fraction of sp³-hybridized carbons (Fsp3) is 0.286. The maximum Gasteiger partial charge on any atom is 0.352 e. The Morgan fingerprint density at radius 1 is 1.27 bits per heavy atom. The molecule has 3 aromatic rings. The molecule has 0 aliphatic carbocycles. The van der Waals surface area contributed by atoms with Gasteiger partial charge in [0.2, 0.25) is 17.7 Å². The number of thioether (sulfide) groups is 1. The number of fused-ring (bicyclic) bond motifs is 2. The molecule has 210 valence electrons. The van der Waals surface area contributed by atoms with Crippen LogP contribution in [0.15, 0.2) is 76.0 Å². The zero-order chi connectivity index (χ0) is 28.8. The Morgan fingerprint density at radius 2 is 2.05 bits per heavy atom. The number of amides is 3. The van der Waals surface area contributed by atoms with Gasteiger partial charge in [0.05, 0.1) is 0 Å². The fourth-order valence-electron chi connectivity index (χ4n) is 5.60. The lowest BCUT2D eigenvalue weighted by molar-refractivity contribution is -0.147. The van der Waals surface area contributed by atoms with Crippen molar-refractivity contribution in [1.82, 2.24) is 20.2 Å². The Labute approximate surface area is 238 Å². The number of allylic oxidation sites excluding steroid dienone is 1. The van der Waals surface area contributed by atoms with Crippen molar-refractivity contribution in [2.75, 3.05) is 24.2 Å². The Morgan fingerprint density at radius 3 is 2.76 bits per heavy atom. The average molecular weight is 575 g/mol. The van der Waals surface area contributed by atoms with Crippen molar-refractivity contribution < 1.29 is 28.7 Å². The normalized spacial score (nSPS) is 22.2. The standard InChI is InChI=1S/C28H26N6O6S/c1-33(15-2-3-20-19(10-15)32-13-40-20)21(35)11-17(14-4-7-30-8-5-14)22(16-6-9-31-25(16)36)18-12-41-27-23(29)26(37)34(27)24(18)28(38)39/h2-5,7-8,10,13,17,23,27H,6,9,11-12,29H2,1H3,(H,31,36)(H,38,39)/t17?,23-,27-/m1/s1. The van der Waals surface area contributed by atoms with Crippen molar-refractivity contribution in [3.8, 4) is 0 Å². The van der Waals surface area contributed by atoms with Gasteiger partial charge in [0, 0.05) is 55.3 Å². The second-order valence-electron chi connectivity index (χ2n) is 9.96. The number of β-lactam (4-membered cyclic amide) rings is 1. The first-order chi connectivity index (χ1) is 19.8. The number of nitrogens with one attached hydrogen (secondary N) is 1. The van der Waals surface area contributed by atoms with Crippen LogP contribution in [0.25, 0.3) is 11.1 Å². The van der Waals surface area contributed by atoms with E-state index in [1.165, 1.54) is 28.0 Å². The second kappa shape index (κ2) is 10.5. The Hall–Kier alpha value is -4.49. The number of nitrogens with zero attached hydrogens (tertiary/aromatic N) is 4.